The van der Waals surface area contributed by atoms with Crippen LogP contribution < -0.4 is 0 Å². The van der Waals surface area contributed by atoms with Gasteiger partial charge in [-0.05, 0) is 18.6 Å². The number of benzene rings is 1. The van der Waals surface area contributed by atoms with Crippen molar-refractivity contribution < 1.29 is 0 Å². The largest absolute Gasteiger partial charge is 0.283 e. The highest BCUT2D eigenvalue weighted by Gasteiger charge is 1.99. The van der Waals surface area contributed by atoms with Crippen LogP contribution in [0.15, 0.2) is 30.5 Å². The van der Waals surface area contributed by atoms with Crippen LogP contribution in [0.3, 0.4) is 0 Å². The van der Waals surface area contributed by atoms with Crippen LogP contribution in [0.2, 0.25) is 0 Å². The molecule has 1 aromatic heterocycles. The van der Waals surface area contributed by atoms with E-state index < -0.39 is 0 Å². The van der Waals surface area contributed by atoms with E-state index in [1.165, 1.54) is 16.5 Å². The maximum atomic E-state index is 3.43. The molecule has 2 heteroatoms. The Kier molecular flexibility index (Phi) is 1.50. The molecule has 0 bridgehead atoms. The summed E-state index contributed by atoms with van der Waals surface area (Å²) in [7, 11) is 0. The summed E-state index contributed by atoms with van der Waals surface area (Å²) in [5, 5.41) is 1.28. The Hall–Kier alpha value is -0.760. The molecule has 0 unspecified atom stereocenters. The lowest BCUT2D eigenvalue weighted by Gasteiger charge is -1.97. The van der Waals surface area contributed by atoms with Gasteiger partial charge < -0.3 is 0 Å². The van der Waals surface area contributed by atoms with E-state index in [9.17, 15) is 0 Å². The Morgan fingerprint density at radius 3 is 2.82 bits per heavy atom. The number of hydrogen-bond donors (Lipinski definition) is 0. The van der Waals surface area contributed by atoms with Crippen LogP contribution in [0, 0.1) is 6.92 Å². The summed E-state index contributed by atoms with van der Waals surface area (Å²) >= 11 is 3.43. The van der Waals surface area contributed by atoms with Gasteiger partial charge in [0.15, 0.2) is 0 Å². The molecule has 0 spiro atoms. The molecule has 0 radical (unpaired) electrons. The third-order valence-corrected chi connectivity index (χ3v) is 2.46. The normalized spacial score (nSPS) is 10.7. The fraction of sp³-hybridized carbons (Fsp3) is 0.111. The van der Waals surface area contributed by atoms with Crippen molar-refractivity contribution in [1.29, 1.82) is 0 Å². The minimum Gasteiger partial charge on any atom is -0.283 e. The second-order valence-corrected chi connectivity index (χ2v) is 3.40. The van der Waals surface area contributed by atoms with Crippen molar-refractivity contribution in [3.8, 4) is 0 Å². The monoisotopic (exact) mass is 209 g/mol. The van der Waals surface area contributed by atoms with Gasteiger partial charge in [-0.1, -0.05) is 18.2 Å². The molecule has 1 aromatic carbocycles. The molecule has 0 atom stereocenters. The lowest BCUT2D eigenvalue weighted by atomic mass is 10.2. The number of hydrogen-bond acceptors (Lipinski definition) is 0. The summed E-state index contributed by atoms with van der Waals surface area (Å²) in [5.74, 6) is 0. The molecule has 0 aliphatic carbocycles. The summed E-state index contributed by atoms with van der Waals surface area (Å²) in [6.45, 7) is 2.11. The van der Waals surface area contributed by atoms with E-state index >= 15 is 0 Å². The van der Waals surface area contributed by atoms with Gasteiger partial charge in [-0.2, -0.15) is 0 Å². The number of para-hydroxylation sites is 1. The summed E-state index contributed by atoms with van der Waals surface area (Å²) in [4.78, 5) is 0. The summed E-state index contributed by atoms with van der Waals surface area (Å²) in [5.41, 5.74) is 2.55. The van der Waals surface area contributed by atoms with Crippen molar-refractivity contribution in [1.82, 2.24) is 3.59 Å². The SMILES string of the molecule is Cc1cccc2ccn(Br)c12. The van der Waals surface area contributed by atoms with E-state index in [2.05, 4.69) is 47.3 Å². The average Bonchev–Trinajstić information content (AvgIpc) is 2.34. The number of aromatic nitrogens is 1. The Morgan fingerprint density at radius 2 is 2.09 bits per heavy atom. The zero-order chi connectivity index (χ0) is 7.84. The van der Waals surface area contributed by atoms with Gasteiger partial charge in [-0.3, -0.25) is 3.59 Å². The lowest BCUT2D eigenvalue weighted by Crippen LogP contribution is -1.79. The number of aryl methyl sites for hydroxylation is 1. The minimum atomic E-state index is 1.26. The van der Waals surface area contributed by atoms with E-state index in [4.69, 9.17) is 0 Å². The van der Waals surface area contributed by atoms with Gasteiger partial charge in [0.2, 0.25) is 0 Å². The van der Waals surface area contributed by atoms with Crippen LogP contribution in [-0.2, 0) is 0 Å². The highest BCUT2D eigenvalue weighted by molar-refractivity contribution is 9.08. The molecule has 11 heavy (non-hydrogen) atoms. The van der Waals surface area contributed by atoms with Gasteiger partial charge in [0, 0.05) is 11.6 Å². The third-order valence-electron chi connectivity index (χ3n) is 1.87. The number of halogens is 1. The molecule has 56 valence electrons. The van der Waals surface area contributed by atoms with Gasteiger partial charge >= 0.3 is 0 Å². The number of fused-ring (bicyclic) bond motifs is 1. The Balaban J connectivity index is 2.96. The molecule has 2 aromatic rings. The Morgan fingerprint density at radius 1 is 1.27 bits per heavy atom. The fourth-order valence-corrected chi connectivity index (χ4v) is 1.93. The second-order valence-electron chi connectivity index (χ2n) is 2.64. The molecule has 0 amide bonds. The first kappa shape index (κ1) is 6.92. The molecular weight excluding hydrogens is 202 g/mol. The zero-order valence-electron chi connectivity index (χ0n) is 6.21. The summed E-state index contributed by atoms with van der Waals surface area (Å²) in [6.07, 6.45) is 2.01. The van der Waals surface area contributed by atoms with Crippen molar-refractivity contribution in [2.45, 2.75) is 6.92 Å². The standard InChI is InChI=1S/C9H8BrN/c1-7-3-2-4-8-5-6-11(10)9(7)8/h2-6H,1H3. The topological polar surface area (TPSA) is 4.93 Å². The van der Waals surface area contributed by atoms with Crippen LogP contribution in [0.25, 0.3) is 10.9 Å². The Labute approximate surface area is 74.0 Å². The predicted octanol–water partition coefficient (Wildman–Crippen LogP) is 3.11. The molecule has 0 saturated heterocycles. The van der Waals surface area contributed by atoms with Crippen molar-refractivity contribution in [3.05, 3.63) is 36.0 Å². The minimum absolute atomic E-state index is 1.26. The third kappa shape index (κ3) is 0.979. The van der Waals surface area contributed by atoms with Crippen molar-refractivity contribution >= 4 is 27.1 Å². The molecule has 2 rings (SSSR count). The van der Waals surface area contributed by atoms with E-state index in [1.54, 1.807) is 0 Å². The maximum Gasteiger partial charge on any atom is 0.0620 e. The highest BCUT2D eigenvalue weighted by atomic mass is 79.9. The summed E-state index contributed by atoms with van der Waals surface area (Å²) in [6, 6.07) is 8.39. The van der Waals surface area contributed by atoms with Gasteiger partial charge in [0.1, 0.15) is 0 Å². The first-order valence-corrected chi connectivity index (χ1v) is 4.23. The fourth-order valence-electron chi connectivity index (χ4n) is 1.33. The smallest absolute Gasteiger partial charge is 0.0620 e. The molecule has 0 aliphatic rings. The van der Waals surface area contributed by atoms with Gasteiger partial charge in [0.05, 0.1) is 21.7 Å². The van der Waals surface area contributed by atoms with Crippen molar-refractivity contribution in [3.63, 3.8) is 0 Å². The lowest BCUT2D eigenvalue weighted by molar-refractivity contribution is 1.35. The van der Waals surface area contributed by atoms with Crippen LogP contribution in [-0.4, -0.2) is 3.59 Å². The average molecular weight is 210 g/mol. The molecule has 1 nitrogen and oxygen atoms in total. The van der Waals surface area contributed by atoms with Crippen molar-refractivity contribution in [2.75, 3.05) is 0 Å². The molecule has 0 N–H and O–H groups in total. The Bertz CT molecular complexity index is 389. The summed E-state index contributed by atoms with van der Waals surface area (Å²) < 4.78 is 1.97. The van der Waals surface area contributed by atoms with E-state index in [-0.39, 0.29) is 0 Å². The zero-order valence-corrected chi connectivity index (χ0v) is 7.80. The number of rotatable bonds is 0. The molecule has 0 aliphatic heterocycles. The predicted molar refractivity (Wildman–Crippen MR) is 51.0 cm³/mol. The van der Waals surface area contributed by atoms with E-state index in [1.807, 2.05) is 9.79 Å². The number of nitrogens with zero attached hydrogens (tertiary/aromatic N) is 1. The molecular formula is C9H8BrN. The molecule has 0 fully saturated rings. The van der Waals surface area contributed by atoms with Gasteiger partial charge in [0.25, 0.3) is 0 Å². The van der Waals surface area contributed by atoms with Gasteiger partial charge in [-0.15, -0.1) is 0 Å². The van der Waals surface area contributed by atoms with Crippen LogP contribution in [0.4, 0.5) is 0 Å². The first-order valence-electron chi connectivity index (χ1n) is 3.52. The van der Waals surface area contributed by atoms with Crippen LogP contribution in [0.5, 0.6) is 0 Å². The van der Waals surface area contributed by atoms with Gasteiger partial charge in [-0.25, -0.2) is 0 Å². The van der Waals surface area contributed by atoms with Crippen LogP contribution >= 0.6 is 16.1 Å². The van der Waals surface area contributed by atoms with E-state index in [0.29, 0.717) is 0 Å². The highest BCUT2D eigenvalue weighted by Crippen LogP contribution is 2.20. The second kappa shape index (κ2) is 2.38. The molecule has 1 heterocycles. The van der Waals surface area contributed by atoms with E-state index in [0.717, 1.165) is 0 Å². The first-order chi connectivity index (χ1) is 5.29. The maximum absolute atomic E-state index is 3.43. The molecule has 0 saturated carbocycles. The van der Waals surface area contributed by atoms with Crippen LogP contribution in [0.1, 0.15) is 5.56 Å². The quantitative estimate of drug-likeness (QED) is 0.629. The van der Waals surface area contributed by atoms with Crippen molar-refractivity contribution in [2.24, 2.45) is 0 Å².